The van der Waals surface area contributed by atoms with Crippen LogP contribution >= 0.6 is 11.6 Å². The molecule has 0 radical (unpaired) electrons. The Morgan fingerprint density at radius 2 is 2.12 bits per heavy atom. The van der Waals surface area contributed by atoms with Gasteiger partial charge < -0.3 is 10.1 Å². The number of benzene rings is 1. The lowest BCUT2D eigenvalue weighted by Crippen LogP contribution is -2.15. The number of hydrogen-bond donors (Lipinski definition) is 1. The molecule has 1 N–H and O–H groups in total. The molecule has 0 aliphatic carbocycles. The van der Waals surface area contributed by atoms with Gasteiger partial charge in [0.2, 0.25) is 0 Å². The van der Waals surface area contributed by atoms with Gasteiger partial charge in [0.25, 0.3) is 0 Å². The van der Waals surface area contributed by atoms with Crippen molar-refractivity contribution in [3.63, 3.8) is 0 Å². The van der Waals surface area contributed by atoms with Crippen LogP contribution in [0.25, 0.3) is 0 Å². The molecule has 17 heavy (non-hydrogen) atoms. The molecule has 1 aromatic rings. The van der Waals surface area contributed by atoms with Gasteiger partial charge in [-0.1, -0.05) is 11.6 Å². The lowest BCUT2D eigenvalue weighted by atomic mass is 10.2. The van der Waals surface area contributed by atoms with E-state index in [9.17, 15) is 18.0 Å². The van der Waals surface area contributed by atoms with Crippen molar-refractivity contribution in [2.24, 2.45) is 0 Å². The molecule has 0 aliphatic rings. The number of rotatable bonds is 3. The van der Waals surface area contributed by atoms with E-state index in [1.165, 1.54) is 7.11 Å². The molecule has 94 valence electrons. The van der Waals surface area contributed by atoms with E-state index >= 15 is 0 Å². The Morgan fingerprint density at radius 3 is 2.65 bits per heavy atom. The van der Waals surface area contributed by atoms with Gasteiger partial charge in [-0.3, -0.25) is 4.79 Å². The third-order valence-electron chi connectivity index (χ3n) is 1.94. The van der Waals surface area contributed by atoms with Crippen molar-refractivity contribution >= 4 is 23.3 Å². The zero-order chi connectivity index (χ0) is 13.1. The van der Waals surface area contributed by atoms with Gasteiger partial charge >= 0.3 is 12.1 Å². The Kier molecular flexibility index (Phi) is 4.22. The average molecular weight is 268 g/mol. The number of alkyl halides is 3. The second-order valence-electron chi connectivity index (χ2n) is 3.12. The highest BCUT2D eigenvalue weighted by Crippen LogP contribution is 2.33. The van der Waals surface area contributed by atoms with E-state index in [1.54, 1.807) is 0 Å². The largest absolute Gasteiger partial charge is 0.468 e. The third kappa shape index (κ3) is 3.81. The van der Waals surface area contributed by atoms with Crippen LogP contribution in [0.4, 0.5) is 18.9 Å². The predicted molar refractivity (Wildman–Crippen MR) is 57.0 cm³/mol. The van der Waals surface area contributed by atoms with Gasteiger partial charge in [0.05, 0.1) is 23.4 Å². The Balaban J connectivity index is 2.88. The average Bonchev–Trinajstić information content (AvgIpc) is 2.26. The number of ether oxygens (including phenoxy) is 1. The summed E-state index contributed by atoms with van der Waals surface area (Å²) < 4.78 is 41.5. The molecule has 0 aromatic heterocycles. The van der Waals surface area contributed by atoms with E-state index in [2.05, 4.69) is 10.1 Å². The van der Waals surface area contributed by atoms with Crippen LogP contribution in [0.2, 0.25) is 5.02 Å². The number of halogens is 4. The highest BCUT2D eigenvalue weighted by Gasteiger charge is 2.30. The van der Waals surface area contributed by atoms with Crippen LogP contribution in [-0.2, 0) is 15.7 Å². The minimum Gasteiger partial charge on any atom is -0.468 e. The fourth-order valence-electron chi connectivity index (χ4n) is 1.08. The monoisotopic (exact) mass is 267 g/mol. The quantitative estimate of drug-likeness (QED) is 0.856. The van der Waals surface area contributed by atoms with E-state index in [1.807, 2.05) is 0 Å². The van der Waals surface area contributed by atoms with Gasteiger partial charge in [-0.25, -0.2) is 0 Å². The minimum atomic E-state index is -4.45. The maximum Gasteiger partial charge on any atom is 0.416 e. The zero-order valence-corrected chi connectivity index (χ0v) is 9.52. The summed E-state index contributed by atoms with van der Waals surface area (Å²) in [7, 11) is 1.18. The van der Waals surface area contributed by atoms with Gasteiger partial charge in [0.1, 0.15) is 6.54 Å². The molecule has 0 spiro atoms. The molecule has 3 nitrogen and oxygen atoms in total. The van der Waals surface area contributed by atoms with Crippen molar-refractivity contribution in [1.82, 2.24) is 0 Å². The van der Waals surface area contributed by atoms with E-state index in [0.29, 0.717) is 0 Å². The summed E-state index contributed by atoms with van der Waals surface area (Å²) in [6, 6.07) is 2.82. The minimum absolute atomic E-state index is 0.0342. The number of hydrogen-bond acceptors (Lipinski definition) is 3. The van der Waals surface area contributed by atoms with E-state index in [-0.39, 0.29) is 17.3 Å². The SMILES string of the molecule is COC(=O)CNc1cc(C(F)(F)F)ccc1Cl. The van der Waals surface area contributed by atoms with Gasteiger partial charge in [-0.05, 0) is 18.2 Å². The topological polar surface area (TPSA) is 38.3 Å². The fourth-order valence-corrected chi connectivity index (χ4v) is 1.26. The molecular formula is C10H9ClF3NO2. The number of esters is 1. The van der Waals surface area contributed by atoms with Crippen LogP contribution in [-0.4, -0.2) is 19.6 Å². The molecule has 0 saturated heterocycles. The highest BCUT2D eigenvalue weighted by atomic mass is 35.5. The van der Waals surface area contributed by atoms with Crippen molar-refractivity contribution < 1.29 is 22.7 Å². The fraction of sp³-hybridized carbons (Fsp3) is 0.300. The summed E-state index contributed by atoms with van der Waals surface area (Å²) in [5.74, 6) is -0.599. The van der Waals surface area contributed by atoms with E-state index in [0.717, 1.165) is 18.2 Å². The second-order valence-corrected chi connectivity index (χ2v) is 3.53. The Bertz CT molecular complexity index is 421. The zero-order valence-electron chi connectivity index (χ0n) is 8.77. The Hall–Kier alpha value is -1.43. The lowest BCUT2D eigenvalue weighted by Gasteiger charge is -2.11. The van der Waals surface area contributed by atoms with Crippen LogP contribution < -0.4 is 5.32 Å². The van der Waals surface area contributed by atoms with Crippen LogP contribution in [0.1, 0.15) is 5.56 Å². The first-order chi connectivity index (χ1) is 7.84. The predicted octanol–water partition coefficient (Wildman–Crippen LogP) is 2.94. The van der Waals surface area contributed by atoms with Crippen molar-refractivity contribution in [1.29, 1.82) is 0 Å². The summed E-state index contributed by atoms with van der Waals surface area (Å²) in [6.07, 6.45) is -4.45. The normalized spacial score (nSPS) is 11.1. The Morgan fingerprint density at radius 1 is 1.47 bits per heavy atom. The standard InChI is InChI=1S/C10H9ClF3NO2/c1-17-9(16)5-15-8-4-6(10(12,13)14)2-3-7(8)11/h2-4,15H,5H2,1H3. The maximum atomic E-state index is 12.4. The molecule has 0 atom stereocenters. The van der Waals surface area contributed by atoms with Crippen LogP contribution in [0.3, 0.4) is 0 Å². The second kappa shape index (κ2) is 5.27. The Labute approximate surface area is 101 Å². The van der Waals surface area contributed by atoms with Crippen LogP contribution in [0.15, 0.2) is 18.2 Å². The van der Waals surface area contributed by atoms with Crippen LogP contribution in [0.5, 0.6) is 0 Å². The number of carbonyl (C=O) groups is 1. The molecule has 0 unspecified atom stereocenters. The van der Waals surface area contributed by atoms with E-state index < -0.39 is 17.7 Å². The van der Waals surface area contributed by atoms with Gasteiger partial charge in [-0.2, -0.15) is 13.2 Å². The number of methoxy groups -OCH3 is 1. The highest BCUT2D eigenvalue weighted by molar-refractivity contribution is 6.33. The molecule has 7 heteroatoms. The molecule has 1 rings (SSSR count). The molecule has 0 fully saturated rings. The lowest BCUT2D eigenvalue weighted by molar-refractivity contribution is -0.138. The van der Waals surface area contributed by atoms with Gasteiger partial charge in [0.15, 0.2) is 0 Å². The first kappa shape index (κ1) is 13.6. The molecule has 0 aliphatic heterocycles. The number of anilines is 1. The van der Waals surface area contributed by atoms with Crippen molar-refractivity contribution in [2.75, 3.05) is 19.0 Å². The molecule has 0 bridgehead atoms. The molecule has 1 aromatic carbocycles. The van der Waals surface area contributed by atoms with Crippen LogP contribution in [0, 0.1) is 0 Å². The van der Waals surface area contributed by atoms with Crippen molar-refractivity contribution in [3.8, 4) is 0 Å². The maximum absolute atomic E-state index is 12.4. The van der Waals surface area contributed by atoms with E-state index in [4.69, 9.17) is 11.6 Å². The summed E-state index contributed by atoms with van der Waals surface area (Å²) in [5, 5.41) is 2.57. The summed E-state index contributed by atoms with van der Waals surface area (Å²) in [4.78, 5) is 10.8. The summed E-state index contributed by atoms with van der Waals surface area (Å²) in [5.41, 5.74) is -0.804. The molecule has 0 saturated carbocycles. The molecule has 0 heterocycles. The first-order valence-electron chi connectivity index (χ1n) is 4.52. The number of nitrogens with one attached hydrogen (secondary N) is 1. The summed E-state index contributed by atoms with van der Waals surface area (Å²) >= 11 is 5.69. The van der Waals surface area contributed by atoms with Gasteiger partial charge in [-0.15, -0.1) is 0 Å². The number of carbonyl (C=O) groups excluding carboxylic acids is 1. The first-order valence-corrected chi connectivity index (χ1v) is 4.90. The smallest absolute Gasteiger partial charge is 0.416 e. The van der Waals surface area contributed by atoms with Gasteiger partial charge in [0, 0.05) is 0 Å². The van der Waals surface area contributed by atoms with Crippen molar-refractivity contribution in [3.05, 3.63) is 28.8 Å². The summed E-state index contributed by atoms with van der Waals surface area (Å²) in [6.45, 7) is -0.252. The third-order valence-corrected chi connectivity index (χ3v) is 2.27. The molecular weight excluding hydrogens is 259 g/mol. The van der Waals surface area contributed by atoms with Crippen molar-refractivity contribution in [2.45, 2.75) is 6.18 Å². The molecule has 0 amide bonds.